The van der Waals surface area contributed by atoms with Crippen LogP contribution in [0.3, 0.4) is 0 Å². The largest absolute Gasteiger partial charge is 0.456 e. The van der Waals surface area contributed by atoms with Gasteiger partial charge in [0.2, 0.25) is 0 Å². The summed E-state index contributed by atoms with van der Waals surface area (Å²) in [4.78, 5) is 4.76. The number of rotatable bonds is 4. The first-order chi connectivity index (χ1) is 35.0. The Balaban J connectivity index is 0.000000141. The Morgan fingerprint density at radius 1 is 0.254 bits per heavy atom. The van der Waals surface area contributed by atoms with Crippen molar-refractivity contribution in [3.63, 3.8) is 0 Å². The first kappa shape index (κ1) is 42.8. The molecule has 14 rings (SSSR count). The number of para-hydroxylation sites is 4. The van der Waals surface area contributed by atoms with Crippen molar-refractivity contribution in [1.29, 1.82) is 0 Å². The summed E-state index contributed by atoms with van der Waals surface area (Å²) in [5, 5.41) is 2.27. The van der Waals surface area contributed by atoms with Gasteiger partial charge in [0, 0.05) is 59.4 Å². The molecule has 0 aliphatic carbocycles. The molecule has 0 fully saturated rings. The Morgan fingerprint density at radius 2 is 0.620 bits per heavy atom. The summed E-state index contributed by atoms with van der Waals surface area (Å²) < 4.78 is 8.48. The molecule has 0 saturated carbocycles. The molecule has 0 atom stereocenters. The Hall–Kier alpha value is -8.22. The zero-order valence-electron chi connectivity index (χ0n) is 38.3. The van der Waals surface area contributed by atoms with Gasteiger partial charge >= 0.3 is 0 Å². The average Bonchev–Trinajstić information content (AvgIpc) is 3.68. The Bertz CT molecular complexity index is 3900. The normalized spacial score (nSPS) is 12.0. The molecule has 3 nitrogen and oxygen atoms in total. The molecule has 3 heterocycles. The number of hydrogen-bond acceptors (Lipinski definition) is 3. The third kappa shape index (κ3) is 7.66. The quantitative estimate of drug-likeness (QED) is 0.175. The fraction of sp³-hybridized carbons (Fsp3) is 0. The maximum atomic E-state index is 6.31. The third-order valence-electron chi connectivity index (χ3n) is 13.8. The summed E-state index contributed by atoms with van der Waals surface area (Å²) in [5.74, 6) is 0. The second kappa shape index (κ2) is 17.9. The molecule has 0 bridgehead atoms. The summed E-state index contributed by atoms with van der Waals surface area (Å²) in [5.41, 5.74) is 23.4. The number of benzene rings is 11. The maximum Gasteiger partial charge on any atom is 0.137 e. The molecular weight excluding hydrogens is 997 g/mol. The number of furan rings is 1. The van der Waals surface area contributed by atoms with Gasteiger partial charge in [-0.3, -0.25) is 0 Å². The molecule has 5 heteroatoms. The lowest BCUT2D eigenvalue weighted by Crippen LogP contribution is -2.10. The number of halogens is 2. The van der Waals surface area contributed by atoms with Crippen molar-refractivity contribution < 1.29 is 4.42 Å². The van der Waals surface area contributed by atoms with Crippen LogP contribution in [0.5, 0.6) is 0 Å². The lowest BCUT2D eigenvalue weighted by Gasteiger charge is -2.27. The van der Waals surface area contributed by atoms with Gasteiger partial charge in [-0.25, -0.2) is 0 Å². The molecular formula is C66H42Br2N2O. The topological polar surface area (TPSA) is 19.6 Å². The smallest absolute Gasteiger partial charge is 0.137 e. The van der Waals surface area contributed by atoms with Crippen LogP contribution in [0.25, 0.3) is 88.7 Å². The summed E-state index contributed by atoms with van der Waals surface area (Å²) >= 11 is 7.10. The van der Waals surface area contributed by atoms with Crippen molar-refractivity contribution >= 4 is 87.9 Å². The molecule has 0 unspecified atom stereocenters. The minimum atomic E-state index is 0.890. The molecule has 12 aromatic rings. The standard InChI is InChI=1S/C36H22BrNO.C30H20BrN/c37-25-16-13-23(14-17-25)24-15-20-34-32(21-24)28-8-2-1-7-27(28)29-9-3-5-11-33(29)38(34)26-18-19-31-30-10-4-6-12-35(30)39-36(31)22-26;31-23-17-13-21(14-18-23)22-15-19-24(20-16-22)32-29-11-5-3-9-27(29)25-7-1-2-8-26(25)28-10-4-6-12-30(28)32/h1-22H;1-20H. The molecule has 2 aliphatic rings. The lowest BCUT2D eigenvalue weighted by molar-refractivity contribution is 0.669. The van der Waals surface area contributed by atoms with Crippen molar-refractivity contribution in [2.24, 2.45) is 0 Å². The molecule has 336 valence electrons. The molecule has 71 heavy (non-hydrogen) atoms. The van der Waals surface area contributed by atoms with Gasteiger partial charge in [0.15, 0.2) is 0 Å². The third-order valence-corrected chi connectivity index (χ3v) is 14.8. The first-order valence-corrected chi connectivity index (χ1v) is 25.4. The van der Waals surface area contributed by atoms with Gasteiger partial charge in [-0.1, -0.05) is 196 Å². The highest BCUT2D eigenvalue weighted by Gasteiger charge is 2.28. The number of anilines is 6. The molecule has 11 aromatic carbocycles. The highest BCUT2D eigenvalue weighted by atomic mass is 79.9. The highest BCUT2D eigenvalue weighted by molar-refractivity contribution is 9.10. The van der Waals surface area contributed by atoms with E-state index < -0.39 is 0 Å². The van der Waals surface area contributed by atoms with E-state index in [-0.39, 0.29) is 0 Å². The van der Waals surface area contributed by atoms with Gasteiger partial charge in [0.25, 0.3) is 0 Å². The second-order valence-corrected chi connectivity index (χ2v) is 19.7. The molecule has 0 N–H and O–H groups in total. The van der Waals surface area contributed by atoms with Crippen molar-refractivity contribution in [2.75, 3.05) is 9.80 Å². The second-order valence-electron chi connectivity index (χ2n) is 17.9. The van der Waals surface area contributed by atoms with Gasteiger partial charge in [0.1, 0.15) is 11.2 Å². The molecule has 1 aromatic heterocycles. The highest BCUT2D eigenvalue weighted by Crippen LogP contribution is 2.53. The van der Waals surface area contributed by atoms with Crippen molar-refractivity contribution in [3.05, 3.63) is 264 Å². The SMILES string of the molecule is Brc1ccc(-c2ccc(N3c4ccccc4-c4ccccc4-c4ccccc43)cc2)cc1.Brc1ccc(-c2ccc3c(c2)-c2ccccc2-c2ccccc2N3c2ccc3c(c2)oc2ccccc23)cc1. The van der Waals surface area contributed by atoms with Crippen LogP contribution in [-0.4, -0.2) is 0 Å². The first-order valence-electron chi connectivity index (χ1n) is 23.8. The number of hydrogen-bond donors (Lipinski definition) is 0. The minimum absolute atomic E-state index is 0.890. The molecule has 0 radical (unpaired) electrons. The summed E-state index contributed by atoms with van der Waals surface area (Å²) in [6.45, 7) is 0. The summed E-state index contributed by atoms with van der Waals surface area (Å²) in [6.07, 6.45) is 0. The predicted octanol–water partition coefficient (Wildman–Crippen LogP) is 20.4. The lowest BCUT2D eigenvalue weighted by atomic mass is 9.92. The average molecular weight is 1040 g/mol. The van der Waals surface area contributed by atoms with E-state index in [2.05, 4.69) is 284 Å². The van der Waals surface area contributed by atoms with Gasteiger partial charge in [0.05, 0.1) is 22.7 Å². The van der Waals surface area contributed by atoms with Crippen LogP contribution in [0, 0.1) is 0 Å². The van der Waals surface area contributed by atoms with E-state index >= 15 is 0 Å². The Labute approximate surface area is 429 Å². The van der Waals surface area contributed by atoms with Gasteiger partial charge in [-0.05, 0) is 129 Å². The molecule has 0 saturated heterocycles. The maximum absolute atomic E-state index is 6.31. The van der Waals surface area contributed by atoms with Crippen molar-refractivity contribution in [3.8, 4) is 66.8 Å². The molecule has 0 amide bonds. The van der Waals surface area contributed by atoms with E-state index in [4.69, 9.17) is 4.42 Å². The number of nitrogens with zero attached hydrogens (tertiary/aromatic N) is 2. The van der Waals surface area contributed by atoms with Gasteiger partial charge in [-0.15, -0.1) is 0 Å². The van der Waals surface area contributed by atoms with Crippen LogP contribution in [0.15, 0.2) is 268 Å². The van der Waals surface area contributed by atoms with E-state index in [1.165, 1.54) is 78.1 Å². The van der Waals surface area contributed by atoms with Crippen LogP contribution in [-0.2, 0) is 0 Å². The zero-order valence-corrected chi connectivity index (χ0v) is 41.5. The van der Waals surface area contributed by atoms with Crippen LogP contribution in [0.1, 0.15) is 0 Å². The predicted molar refractivity (Wildman–Crippen MR) is 305 cm³/mol. The fourth-order valence-electron chi connectivity index (χ4n) is 10.5. The monoisotopic (exact) mass is 1040 g/mol. The van der Waals surface area contributed by atoms with Crippen molar-refractivity contribution in [1.82, 2.24) is 0 Å². The fourth-order valence-corrected chi connectivity index (χ4v) is 11.0. The van der Waals surface area contributed by atoms with E-state index in [0.717, 1.165) is 53.6 Å². The molecule has 0 spiro atoms. The van der Waals surface area contributed by atoms with Crippen molar-refractivity contribution in [2.45, 2.75) is 0 Å². The summed E-state index contributed by atoms with van der Waals surface area (Å²) in [6, 6.07) is 91.0. The van der Waals surface area contributed by atoms with Gasteiger partial charge < -0.3 is 14.2 Å². The van der Waals surface area contributed by atoms with Crippen LogP contribution < -0.4 is 9.80 Å². The van der Waals surface area contributed by atoms with E-state index in [9.17, 15) is 0 Å². The van der Waals surface area contributed by atoms with E-state index in [1.54, 1.807) is 0 Å². The number of fused-ring (bicyclic) bond motifs is 13. The summed E-state index contributed by atoms with van der Waals surface area (Å²) in [7, 11) is 0. The van der Waals surface area contributed by atoms with Crippen LogP contribution >= 0.6 is 31.9 Å². The van der Waals surface area contributed by atoms with E-state index in [0.29, 0.717) is 0 Å². The van der Waals surface area contributed by atoms with E-state index in [1.807, 2.05) is 12.1 Å². The van der Waals surface area contributed by atoms with Gasteiger partial charge in [-0.2, -0.15) is 0 Å². The minimum Gasteiger partial charge on any atom is -0.456 e. The zero-order chi connectivity index (χ0) is 47.4. The van der Waals surface area contributed by atoms with Crippen LogP contribution in [0.4, 0.5) is 34.1 Å². The Kier molecular flexibility index (Phi) is 10.8. The molecule has 2 aliphatic heterocycles. The van der Waals surface area contributed by atoms with Crippen LogP contribution in [0.2, 0.25) is 0 Å². The Morgan fingerprint density at radius 3 is 1.15 bits per heavy atom.